The predicted molar refractivity (Wildman–Crippen MR) is 54.3 cm³/mol. The van der Waals surface area contributed by atoms with Crippen molar-refractivity contribution in [2.24, 2.45) is 0 Å². The Morgan fingerprint density at radius 3 is 2.77 bits per heavy atom. The number of benzene rings is 1. The van der Waals surface area contributed by atoms with E-state index in [1.807, 2.05) is 25.1 Å². The second-order valence-corrected chi connectivity index (χ2v) is 3.19. The fourth-order valence-electron chi connectivity index (χ4n) is 1.21. The lowest BCUT2D eigenvalue weighted by Crippen LogP contribution is -1.87. The smallest absolute Gasteiger partial charge is 0.126 e. The van der Waals surface area contributed by atoms with Crippen molar-refractivity contribution < 1.29 is 4.39 Å². The molecule has 1 aromatic carbocycles. The zero-order valence-corrected chi connectivity index (χ0v) is 8.18. The average molecular weight is 178 g/mol. The minimum Gasteiger partial charge on any atom is -0.207 e. The zero-order chi connectivity index (χ0) is 9.68. The Morgan fingerprint density at radius 1 is 1.38 bits per heavy atom. The Kier molecular flexibility index (Phi) is 3.69. The summed E-state index contributed by atoms with van der Waals surface area (Å²) in [6.45, 7) is 3.78. The summed E-state index contributed by atoms with van der Waals surface area (Å²) < 4.78 is 13.1. The molecule has 1 rings (SSSR count). The van der Waals surface area contributed by atoms with Crippen LogP contribution in [0.1, 0.15) is 24.5 Å². The molecule has 0 saturated carbocycles. The van der Waals surface area contributed by atoms with Crippen LogP contribution in [-0.2, 0) is 6.42 Å². The van der Waals surface area contributed by atoms with Gasteiger partial charge in [-0.15, -0.1) is 0 Å². The monoisotopic (exact) mass is 178 g/mol. The topological polar surface area (TPSA) is 0 Å². The van der Waals surface area contributed by atoms with E-state index in [-0.39, 0.29) is 5.82 Å². The summed E-state index contributed by atoms with van der Waals surface area (Å²) in [4.78, 5) is 0. The van der Waals surface area contributed by atoms with Crippen molar-refractivity contribution >= 4 is 0 Å². The Hall–Kier alpha value is -1.11. The number of hydrogen-bond acceptors (Lipinski definition) is 0. The molecule has 0 aromatic heterocycles. The van der Waals surface area contributed by atoms with Crippen molar-refractivity contribution in [3.05, 3.63) is 47.3 Å². The first-order chi connectivity index (χ1) is 6.24. The molecule has 0 spiro atoms. The molecule has 0 N–H and O–H groups in total. The minimum absolute atomic E-state index is 0.0991. The van der Waals surface area contributed by atoms with Gasteiger partial charge in [0.25, 0.3) is 0 Å². The van der Waals surface area contributed by atoms with E-state index in [1.165, 1.54) is 0 Å². The highest BCUT2D eigenvalue weighted by molar-refractivity contribution is 5.23. The van der Waals surface area contributed by atoms with Gasteiger partial charge < -0.3 is 0 Å². The summed E-state index contributed by atoms with van der Waals surface area (Å²) in [6.07, 6.45) is 6.02. The molecule has 0 amide bonds. The minimum atomic E-state index is -0.0991. The van der Waals surface area contributed by atoms with Crippen molar-refractivity contribution in [2.75, 3.05) is 0 Å². The summed E-state index contributed by atoms with van der Waals surface area (Å²) in [5.41, 5.74) is 1.79. The Labute approximate surface area is 79.1 Å². The molecule has 0 aliphatic carbocycles. The van der Waals surface area contributed by atoms with Crippen LogP contribution in [0.2, 0.25) is 0 Å². The summed E-state index contributed by atoms with van der Waals surface area (Å²) >= 11 is 0. The third kappa shape index (κ3) is 3.02. The van der Waals surface area contributed by atoms with E-state index in [0.717, 1.165) is 24.0 Å². The van der Waals surface area contributed by atoms with Crippen LogP contribution in [-0.4, -0.2) is 0 Å². The molecule has 1 aromatic rings. The van der Waals surface area contributed by atoms with Crippen LogP contribution in [0.25, 0.3) is 0 Å². The predicted octanol–water partition coefficient (Wildman–Crippen LogP) is 3.64. The first-order valence-electron chi connectivity index (χ1n) is 4.60. The molecule has 1 heteroatoms. The lowest BCUT2D eigenvalue weighted by Gasteiger charge is -2.00. The molecular formula is C12H15F. The van der Waals surface area contributed by atoms with Gasteiger partial charge >= 0.3 is 0 Å². The first-order valence-corrected chi connectivity index (χ1v) is 4.60. The van der Waals surface area contributed by atoms with Crippen LogP contribution in [0, 0.1) is 12.7 Å². The van der Waals surface area contributed by atoms with Crippen LogP contribution < -0.4 is 0 Å². The third-order valence-corrected chi connectivity index (χ3v) is 2.07. The molecule has 0 nitrogen and oxygen atoms in total. The van der Waals surface area contributed by atoms with Gasteiger partial charge in [-0.3, -0.25) is 0 Å². The lowest BCUT2D eigenvalue weighted by atomic mass is 10.1. The molecular weight excluding hydrogens is 163 g/mol. The van der Waals surface area contributed by atoms with Gasteiger partial charge in [0.05, 0.1) is 0 Å². The SMILES string of the molecule is C/C=C/CCc1ccc(C)c(F)c1. The van der Waals surface area contributed by atoms with Gasteiger partial charge in [0.15, 0.2) is 0 Å². The van der Waals surface area contributed by atoms with Gasteiger partial charge in [0, 0.05) is 0 Å². The molecule has 0 atom stereocenters. The molecule has 0 aliphatic rings. The highest BCUT2D eigenvalue weighted by Crippen LogP contribution is 2.10. The zero-order valence-electron chi connectivity index (χ0n) is 8.18. The lowest BCUT2D eigenvalue weighted by molar-refractivity contribution is 0.616. The Balaban J connectivity index is 2.63. The standard InChI is InChI=1S/C12H15F/c1-3-4-5-6-11-8-7-10(2)12(13)9-11/h3-4,7-9H,5-6H2,1-2H3/b4-3+. The maximum Gasteiger partial charge on any atom is 0.126 e. The highest BCUT2D eigenvalue weighted by atomic mass is 19.1. The summed E-state index contributed by atoms with van der Waals surface area (Å²) in [5, 5.41) is 0. The molecule has 0 fully saturated rings. The molecule has 0 unspecified atom stereocenters. The van der Waals surface area contributed by atoms with Crippen molar-refractivity contribution in [1.29, 1.82) is 0 Å². The number of rotatable bonds is 3. The van der Waals surface area contributed by atoms with E-state index in [9.17, 15) is 4.39 Å². The van der Waals surface area contributed by atoms with Crippen LogP contribution in [0.15, 0.2) is 30.4 Å². The molecule has 0 aliphatic heterocycles. The maximum absolute atomic E-state index is 13.1. The van der Waals surface area contributed by atoms with E-state index in [4.69, 9.17) is 0 Å². The van der Waals surface area contributed by atoms with Gasteiger partial charge in [0.2, 0.25) is 0 Å². The third-order valence-electron chi connectivity index (χ3n) is 2.07. The van der Waals surface area contributed by atoms with Gasteiger partial charge in [0.1, 0.15) is 5.82 Å². The fraction of sp³-hybridized carbons (Fsp3) is 0.333. The van der Waals surface area contributed by atoms with Gasteiger partial charge in [-0.2, -0.15) is 0 Å². The average Bonchev–Trinajstić information content (AvgIpc) is 2.12. The molecule has 13 heavy (non-hydrogen) atoms. The van der Waals surface area contributed by atoms with Crippen LogP contribution >= 0.6 is 0 Å². The van der Waals surface area contributed by atoms with E-state index in [1.54, 1.807) is 13.0 Å². The molecule has 0 bridgehead atoms. The first kappa shape index (κ1) is 9.97. The number of hydrogen-bond donors (Lipinski definition) is 0. The second-order valence-electron chi connectivity index (χ2n) is 3.19. The van der Waals surface area contributed by atoms with Crippen molar-refractivity contribution in [2.45, 2.75) is 26.7 Å². The van der Waals surface area contributed by atoms with Crippen LogP contribution in [0.4, 0.5) is 4.39 Å². The van der Waals surface area contributed by atoms with Crippen LogP contribution in [0.3, 0.4) is 0 Å². The Bertz CT molecular complexity index is 300. The molecule has 70 valence electrons. The number of halogens is 1. The van der Waals surface area contributed by atoms with Gasteiger partial charge in [-0.05, 0) is 43.9 Å². The summed E-state index contributed by atoms with van der Waals surface area (Å²) in [7, 11) is 0. The van der Waals surface area contributed by atoms with Crippen LogP contribution in [0.5, 0.6) is 0 Å². The van der Waals surface area contributed by atoms with Crippen molar-refractivity contribution in [3.63, 3.8) is 0 Å². The van der Waals surface area contributed by atoms with Crippen molar-refractivity contribution in [3.8, 4) is 0 Å². The molecule has 0 radical (unpaired) electrons. The van der Waals surface area contributed by atoms with Gasteiger partial charge in [-0.25, -0.2) is 4.39 Å². The Morgan fingerprint density at radius 2 is 2.15 bits per heavy atom. The highest BCUT2D eigenvalue weighted by Gasteiger charge is 1.97. The number of allylic oxidation sites excluding steroid dienone is 2. The molecule has 0 saturated heterocycles. The quantitative estimate of drug-likeness (QED) is 0.620. The summed E-state index contributed by atoms with van der Waals surface area (Å²) in [6, 6.07) is 5.45. The summed E-state index contributed by atoms with van der Waals surface area (Å²) in [5.74, 6) is -0.0991. The largest absolute Gasteiger partial charge is 0.207 e. The maximum atomic E-state index is 13.1. The fourth-order valence-corrected chi connectivity index (χ4v) is 1.21. The van der Waals surface area contributed by atoms with E-state index in [0.29, 0.717) is 0 Å². The van der Waals surface area contributed by atoms with E-state index < -0.39 is 0 Å². The van der Waals surface area contributed by atoms with Crippen molar-refractivity contribution in [1.82, 2.24) is 0 Å². The van der Waals surface area contributed by atoms with E-state index in [2.05, 4.69) is 6.08 Å². The van der Waals surface area contributed by atoms with Gasteiger partial charge in [-0.1, -0.05) is 24.3 Å². The second kappa shape index (κ2) is 4.80. The molecule has 0 heterocycles. The normalized spacial score (nSPS) is 11.0. The number of aryl methyl sites for hydroxylation is 2. The van der Waals surface area contributed by atoms with E-state index >= 15 is 0 Å².